The minimum absolute atomic E-state index is 0.0158. The zero-order valence-electron chi connectivity index (χ0n) is 20.0. The maximum Gasteiger partial charge on any atom is 0.251 e. The molecule has 1 fully saturated rings. The van der Waals surface area contributed by atoms with Crippen molar-refractivity contribution in [2.24, 2.45) is 0 Å². The highest BCUT2D eigenvalue weighted by molar-refractivity contribution is 5.96. The van der Waals surface area contributed by atoms with Crippen LogP contribution < -0.4 is 24.4 Å². The molecule has 8 heteroatoms. The topological polar surface area (TPSA) is 88.7 Å². The molecule has 3 aromatic rings. The van der Waals surface area contributed by atoms with E-state index in [0.29, 0.717) is 49.2 Å². The van der Waals surface area contributed by atoms with Gasteiger partial charge >= 0.3 is 0 Å². The monoisotopic (exact) mass is 464 g/mol. The van der Waals surface area contributed by atoms with E-state index >= 15 is 0 Å². The molecule has 8 nitrogen and oxygen atoms in total. The Kier molecular flexibility index (Phi) is 7.57. The predicted molar refractivity (Wildman–Crippen MR) is 132 cm³/mol. The summed E-state index contributed by atoms with van der Waals surface area (Å²) in [5.74, 6) is 2.28. The second-order valence-electron chi connectivity index (χ2n) is 8.01. The van der Waals surface area contributed by atoms with Crippen LogP contribution in [-0.2, 0) is 0 Å². The summed E-state index contributed by atoms with van der Waals surface area (Å²) in [5.41, 5.74) is 2.56. The Morgan fingerprint density at radius 1 is 1.03 bits per heavy atom. The van der Waals surface area contributed by atoms with Gasteiger partial charge in [0, 0.05) is 30.8 Å². The molecule has 180 valence electrons. The second-order valence-corrected chi connectivity index (χ2v) is 8.01. The van der Waals surface area contributed by atoms with E-state index in [1.807, 2.05) is 51.1 Å². The van der Waals surface area contributed by atoms with Crippen LogP contribution in [0.15, 0.2) is 48.5 Å². The van der Waals surface area contributed by atoms with Gasteiger partial charge in [-0.2, -0.15) is 5.10 Å². The van der Waals surface area contributed by atoms with E-state index < -0.39 is 0 Å². The quantitative estimate of drug-likeness (QED) is 0.466. The van der Waals surface area contributed by atoms with Crippen LogP contribution in [0.3, 0.4) is 0 Å². The summed E-state index contributed by atoms with van der Waals surface area (Å²) in [4.78, 5) is 15.3. The lowest BCUT2D eigenvalue weighted by Crippen LogP contribution is -2.37. The van der Waals surface area contributed by atoms with Crippen LogP contribution >= 0.6 is 0 Å². The van der Waals surface area contributed by atoms with Crippen LogP contribution in [0, 0.1) is 0 Å². The van der Waals surface area contributed by atoms with Gasteiger partial charge in [0.05, 0.1) is 25.5 Å². The Labute approximate surface area is 200 Å². The summed E-state index contributed by atoms with van der Waals surface area (Å²) in [6, 6.07) is 15.6. The van der Waals surface area contributed by atoms with Crippen LogP contribution in [0.25, 0.3) is 11.3 Å². The minimum atomic E-state index is -0.163. The molecule has 2 heterocycles. The molecule has 1 saturated heterocycles. The molecule has 0 bridgehead atoms. The van der Waals surface area contributed by atoms with E-state index in [1.54, 1.807) is 12.1 Å². The number of H-pyrrole nitrogens is 1. The van der Waals surface area contributed by atoms with Gasteiger partial charge in [0.1, 0.15) is 0 Å². The van der Waals surface area contributed by atoms with Crippen LogP contribution in [0.5, 0.6) is 17.2 Å². The average Bonchev–Trinajstić information content (AvgIpc) is 3.52. The van der Waals surface area contributed by atoms with E-state index in [-0.39, 0.29) is 11.9 Å². The number of anilines is 1. The largest absolute Gasteiger partial charge is 0.490 e. The Morgan fingerprint density at radius 2 is 1.71 bits per heavy atom. The first-order valence-corrected chi connectivity index (χ1v) is 11.9. The number of carbonyl (C=O) groups is 1. The van der Waals surface area contributed by atoms with Gasteiger partial charge in [-0.15, -0.1) is 0 Å². The molecule has 1 amide bonds. The van der Waals surface area contributed by atoms with E-state index in [9.17, 15) is 4.79 Å². The lowest BCUT2D eigenvalue weighted by molar-refractivity contribution is 0.0939. The second kappa shape index (κ2) is 11.0. The first-order valence-electron chi connectivity index (χ1n) is 11.9. The number of aromatic amines is 1. The third kappa shape index (κ3) is 5.27. The molecule has 4 rings (SSSR count). The summed E-state index contributed by atoms with van der Waals surface area (Å²) in [7, 11) is 0. The van der Waals surface area contributed by atoms with E-state index in [2.05, 4.69) is 26.5 Å². The van der Waals surface area contributed by atoms with Crippen molar-refractivity contribution in [1.82, 2.24) is 15.5 Å². The third-order valence-electron chi connectivity index (χ3n) is 5.67. The number of aromatic nitrogens is 2. The molecule has 1 aromatic heterocycles. The fourth-order valence-corrected chi connectivity index (χ4v) is 4.11. The highest BCUT2D eigenvalue weighted by Gasteiger charge is 2.27. The molecule has 2 N–H and O–H groups in total. The summed E-state index contributed by atoms with van der Waals surface area (Å²) in [6.07, 6.45) is 0.840. The molecular weight excluding hydrogens is 432 g/mol. The van der Waals surface area contributed by atoms with Crippen LogP contribution in [-0.4, -0.2) is 55.1 Å². The molecule has 0 radical (unpaired) electrons. The molecule has 2 aromatic carbocycles. The van der Waals surface area contributed by atoms with Crippen LogP contribution in [0.2, 0.25) is 0 Å². The van der Waals surface area contributed by atoms with Crippen LogP contribution in [0.1, 0.15) is 37.6 Å². The van der Waals surface area contributed by atoms with Gasteiger partial charge in [-0.05, 0) is 44.9 Å². The number of nitrogens with one attached hydrogen (secondary N) is 2. The van der Waals surface area contributed by atoms with Crippen molar-refractivity contribution in [2.45, 2.75) is 33.2 Å². The third-order valence-corrected chi connectivity index (χ3v) is 5.67. The van der Waals surface area contributed by atoms with Crippen molar-refractivity contribution >= 4 is 11.7 Å². The Hall–Kier alpha value is -3.68. The van der Waals surface area contributed by atoms with E-state index in [4.69, 9.17) is 14.2 Å². The SMILES string of the molecule is CCOc1cc(C(=O)NC2CCN(c3cc(-c4ccccc4)[nH]n3)C2)cc(OCC)c1OCC. The average molecular weight is 465 g/mol. The Bertz CT molecular complexity index is 1070. The first kappa shape index (κ1) is 23.5. The number of hydrogen-bond donors (Lipinski definition) is 2. The van der Waals surface area contributed by atoms with Crippen molar-refractivity contribution in [3.8, 4) is 28.5 Å². The number of carbonyl (C=O) groups excluding carboxylic acids is 1. The maximum atomic E-state index is 13.1. The number of benzene rings is 2. The molecule has 0 saturated carbocycles. The lowest BCUT2D eigenvalue weighted by Gasteiger charge is -2.18. The smallest absolute Gasteiger partial charge is 0.251 e. The van der Waals surface area contributed by atoms with Crippen molar-refractivity contribution in [2.75, 3.05) is 37.8 Å². The number of hydrogen-bond acceptors (Lipinski definition) is 6. The zero-order chi connectivity index (χ0) is 23.9. The molecule has 34 heavy (non-hydrogen) atoms. The summed E-state index contributed by atoms with van der Waals surface area (Å²) in [5, 5.41) is 10.7. The number of amides is 1. The molecule has 0 aliphatic carbocycles. The summed E-state index contributed by atoms with van der Waals surface area (Å²) in [6.45, 7) is 8.61. The van der Waals surface area contributed by atoms with Crippen molar-refractivity contribution < 1.29 is 19.0 Å². The highest BCUT2D eigenvalue weighted by Crippen LogP contribution is 2.39. The fraction of sp³-hybridized carbons (Fsp3) is 0.385. The predicted octanol–water partition coefficient (Wildman–Crippen LogP) is 4.28. The fourth-order valence-electron chi connectivity index (χ4n) is 4.11. The van der Waals surface area contributed by atoms with Crippen molar-refractivity contribution in [3.63, 3.8) is 0 Å². The maximum absolute atomic E-state index is 13.1. The molecule has 1 atom stereocenters. The normalized spacial score (nSPS) is 15.3. The number of nitrogens with zero attached hydrogens (tertiary/aromatic N) is 2. The summed E-state index contributed by atoms with van der Waals surface area (Å²) < 4.78 is 17.2. The van der Waals surface area contributed by atoms with Crippen molar-refractivity contribution in [1.29, 1.82) is 0 Å². The Morgan fingerprint density at radius 3 is 2.35 bits per heavy atom. The highest BCUT2D eigenvalue weighted by atomic mass is 16.5. The molecule has 1 aliphatic heterocycles. The van der Waals surface area contributed by atoms with Gasteiger partial charge in [0.25, 0.3) is 5.91 Å². The van der Waals surface area contributed by atoms with Crippen molar-refractivity contribution in [3.05, 3.63) is 54.1 Å². The van der Waals surface area contributed by atoms with Gasteiger partial charge < -0.3 is 24.4 Å². The summed E-state index contributed by atoms with van der Waals surface area (Å²) >= 11 is 0. The Balaban J connectivity index is 1.45. The standard InChI is InChI=1S/C26H32N4O4/c1-4-32-22-14-19(15-23(33-5-2)25(22)34-6-3)26(31)27-20-12-13-30(17-20)24-16-21(28-29-24)18-10-8-7-9-11-18/h7-11,14-16,20H,4-6,12-13,17H2,1-3H3,(H,27,31)(H,28,29). The van der Waals surface area contributed by atoms with Gasteiger partial charge in [-0.3, -0.25) is 9.89 Å². The van der Waals surface area contributed by atoms with Crippen LogP contribution in [0.4, 0.5) is 5.82 Å². The number of ether oxygens (including phenoxy) is 3. The first-order chi connectivity index (χ1) is 16.6. The zero-order valence-corrected chi connectivity index (χ0v) is 20.0. The lowest BCUT2D eigenvalue weighted by atomic mass is 10.1. The van der Waals surface area contributed by atoms with Gasteiger partial charge in [0.2, 0.25) is 5.75 Å². The molecular formula is C26H32N4O4. The molecule has 0 spiro atoms. The van der Waals surface area contributed by atoms with Gasteiger partial charge in [-0.1, -0.05) is 30.3 Å². The minimum Gasteiger partial charge on any atom is -0.490 e. The molecule has 1 unspecified atom stereocenters. The van der Waals surface area contributed by atoms with Gasteiger partial charge in [0.15, 0.2) is 17.3 Å². The molecule has 1 aliphatic rings. The van der Waals surface area contributed by atoms with Gasteiger partial charge in [-0.25, -0.2) is 0 Å². The van der Waals surface area contributed by atoms with E-state index in [1.165, 1.54) is 0 Å². The van der Waals surface area contributed by atoms with E-state index in [0.717, 1.165) is 30.0 Å². The number of rotatable bonds is 10.